The smallest absolute Gasteiger partial charge is 0.00558 e. The summed E-state index contributed by atoms with van der Waals surface area (Å²) in [6.45, 7) is 3.04. The Morgan fingerprint density at radius 2 is 2.12 bits per heavy atom. The standard InChI is InChI=1S/C6H15NS/c1-2-3-5-8-6-4-7/h2-7H2,1H3. The van der Waals surface area contributed by atoms with Gasteiger partial charge in [-0.1, -0.05) is 13.3 Å². The highest BCUT2D eigenvalue weighted by Gasteiger charge is 1.83. The van der Waals surface area contributed by atoms with E-state index in [0.717, 1.165) is 12.3 Å². The Morgan fingerprint density at radius 1 is 1.38 bits per heavy atom. The van der Waals surface area contributed by atoms with Crippen molar-refractivity contribution in [2.45, 2.75) is 19.8 Å². The molecule has 50 valence electrons. The van der Waals surface area contributed by atoms with Crippen LogP contribution >= 0.6 is 11.8 Å². The molecule has 0 spiro atoms. The van der Waals surface area contributed by atoms with Crippen LogP contribution in [-0.2, 0) is 0 Å². The SMILES string of the molecule is CCCCSCCN. The molecule has 0 saturated heterocycles. The van der Waals surface area contributed by atoms with Crippen LogP contribution in [0.4, 0.5) is 0 Å². The molecule has 1 nitrogen and oxygen atoms in total. The van der Waals surface area contributed by atoms with Gasteiger partial charge in [0.15, 0.2) is 0 Å². The molecular formula is C6H15NS. The molecule has 0 bridgehead atoms. The van der Waals surface area contributed by atoms with Crippen molar-refractivity contribution in [1.82, 2.24) is 0 Å². The molecule has 0 aromatic heterocycles. The predicted octanol–water partition coefficient (Wildman–Crippen LogP) is 1.48. The fourth-order valence-corrected chi connectivity index (χ4v) is 1.30. The molecular weight excluding hydrogens is 118 g/mol. The van der Waals surface area contributed by atoms with Crippen LogP contribution < -0.4 is 5.73 Å². The lowest BCUT2D eigenvalue weighted by atomic mass is 10.4. The molecule has 0 aromatic rings. The van der Waals surface area contributed by atoms with E-state index in [9.17, 15) is 0 Å². The number of rotatable bonds is 5. The van der Waals surface area contributed by atoms with Crippen LogP contribution in [-0.4, -0.2) is 18.1 Å². The van der Waals surface area contributed by atoms with Crippen molar-refractivity contribution in [2.75, 3.05) is 18.1 Å². The molecule has 0 aliphatic carbocycles. The van der Waals surface area contributed by atoms with Crippen molar-refractivity contribution in [3.05, 3.63) is 0 Å². The maximum atomic E-state index is 5.29. The van der Waals surface area contributed by atoms with Gasteiger partial charge in [-0.15, -0.1) is 0 Å². The molecule has 2 heteroatoms. The molecule has 8 heavy (non-hydrogen) atoms. The van der Waals surface area contributed by atoms with Crippen molar-refractivity contribution < 1.29 is 0 Å². The summed E-state index contributed by atoms with van der Waals surface area (Å²) in [5.74, 6) is 2.41. The minimum atomic E-state index is 0.828. The molecule has 0 aliphatic rings. The third-order valence-electron chi connectivity index (χ3n) is 0.904. The summed E-state index contributed by atoms with van der Waals surface area (Å²) < 4.78 is 0. The van der Waals surface area contributed by atoms with Crippen molar-refractivity contribution in [3.63, 3.8) is 0 Å². The number of thioether (sulfide) groups is 1. The Morgan fingerprint density at radius 3 is 2.62 bits per heavy atom. The first kappa shape index (κ1) is 8.31. The van der Waals surface area contributed by atoms with Crippen LogP contribution in [0.2, 0.25) is 0 Å². The van der Waals surface area contributed by atoms with Gasteiger partial charge < -0.3 is 5.73 Å². The van der Waals surface area contributed by atoms with Gasteiger partial charge in [0.05, 0.1) is 0 Å². The topological polar surface area (TPSA) is 26.0 Å². The Hall–Kier alpha value is 0.310. The zero-order chi connectivity index (χ0) is 6.24. The molecule has 0 radical (unpaired) electrons. The van der Waals surface area contributed by atoms with Gasteiger partial charge in [0.25, 0.3) is 0 Å². The quantitative estimate of drug-likeness (QED) is 0.575. The van der Waals surface area contributed by atoms with Crippen LogP contribution in [0.25, 0.3) is 0 Å². The second-order valence-corrected chi connectivity index (χ2v) is 2.98. The molecule has 2 N–H and O–H groups in total. The first-order chi connectivity index (χ1) is 3.91. The molecule has 0 unspecified atom stereocenters. The second-order valence-electron chi connectivity index (χ2n) is 1.75. The van der Waals surface area contributed by atoms with Crippen molar-refractivity contribution >= 4 is 11.8 Å². The normalized spacial score (nSPS) is 9.75. The number of unbranched alkanes of at least 4 members (excludes halogenated alkanes) is 1. The van der Waals surface area contributed by atoms with Gasteiger partial charge >= 0.3 is 0 Å². The predicted molar refractivity (Wildman–Crippen MR) is 41.3 cm³/mol. The van der Waals surface area contributed by atoms with Crippen molar-refractivity contribution in [3.8, 4) is 0 Å². The van der Waals surface area contributed by atoms with E-state index in [1.165, 1.54) is 18.6 Å². The molecule has 0 amide bonds. The maximum absolute atomic E-state index is 5.29. The van der Waals surface area contributed by atoms with E-state index in [0.29, 0.717) is 0 Å². The highest BCUT2D eigenvalue weighted by Crippen LogP contribution is 2.01. The fraction of sp³-hybridized carbons (Fsp3) is 1.00. The van der Waals surface area contributed by atoms with Crippen LogP contribution in [0.1, 0.15) is 19.8 Å². The number of hydrogen-bond donors (Lipinski definition) is 1. The molecule has 0 aromatic carbocycles. The van der Waals surface area contributed by atoms with Gasteiger partial charge in [-0.25, -0.2) is 0 Å². The van der Waals surface area contributed by atoms with Gasteiger partial charge in [-0.2, -0.15) is 11.8 Å². The first-order valence-electron chi connectivity index (χ1n) is 3.19. The first-order valence-corrected chi connectivity index (χ1v) is 4.35. The second kappa shape index (κ2) is 7.31. The van der Waals surface area contributed by atoms with Gasteiger partial charge in [0.2, 0.25) is 0 Å². The van der Waals surface area contributed by atoms with E-state index < -0.39 is 0 Å². The van der Waals surface area contributed by atoms with Crippen LogP contribution in [0, 0.1) is 0 Å². The summed E-state index contributed by atoms with van der Waals surface area (Å²) in [6.07, 6.45) is 2.64. The molecule has 0 atom stereocenters. The van der Waals surface area contributed by atoms with E-state index in [4.69, 9.17) is 5.73 Å². The monoisotopic (exact) mass is 133 g/mol. The lowest BCUT2D eigenvalue weighted by molar-refractivity contribution is 0.895. The third-order valence-corrected chi connectivity index (χ3v) is 2.01. The molecule has 0 aliphatic heterocycles. The Labute approximate surface area is 56.0 Å². The Bertz CT molecular complexity index is 33.5. The van der Waals surface area contributed by atoms with Gasteiger partial charge in [-0.3, -0.25) is 0 Å². The highest BCUT2D eigenvalue weighted by molar-refractivity contribution is 7.99. The zero-order valence-corrected chi connectivity index (χ0v) is 6.34. The average molecular weight is 133 g/mol. The van der Waals surface area contributed by atoms with Gasteiger partial charge in [-0.05, 0) is 12.2 Å². The Balaban J connectivity index is 2.53. The maximum Gasteiger partial charge on any atom is 0.00558 e. The minimum Gasteiger partial charge on any atom is -0.330 e. The summed E-state index contributed by atoms with van der Waals surface area (Å²) in [4.78, 5) is 0. The average Bonchev–Trinajstić information content (AvgIpc) is 1.81. The largest absolute Gasteiger partial charge is 0.330 e. The summed E-state index contributed by atoms with van der Waals surface area (Å²) in [6, 6.07) is 0. The summed E-state index contributed by atoms with van der Waals surface area (Å²) in [5, 5.41) is 0. The molecule has 0 heterocycles. The van der Waals surface area contributed by atoms with E-state index >= 15 is 0 Å². The fourth-order valence-electron chi connectivity index (χ4n) is 0.432. The molecule has 0 fully saturated rings. The van der Waals surface area contributed by atoms with Gasteiger partial charge in [0.1, 0.15) is 0 Å². The summed E-state index contributed by atoms with van der Waals surface area (Å²) in [7, 11) is 0. The molecule has 0 rings (SSSR count). The van der Waals surface area contributed by atoms with E-state index in [1.807, 2.05) is 11.8 Å². The van der Waals surface area contributed by atoms with Crippen LogP contribution in [0.15, 0.2) is 0 Å². The number of hydrogen-bond acceptors (Lipinski definition) is 2. The van der Waals surface area contributed by atoms with Crippen molar-refractivity contribution in [1.29, 1.82) is 0 Å². The zero-order valence-electron chi connectivity index (χ0n) is 5.52. The van der Waals surface area contributed by atoms with Crippen LogP contribution in [0.3, 0.4) is 0 Å². The number of nitrogens with two attached hydrogens (primary N) is 1. The van der Waals surface area contributed by atoms with Crippen LogP contribution in [0.5, 0.6) is 0 Å². The van der Waals surface area contributed by atoms with E-state index in [2.05, 4.69) is 6.92 Å². The lowest BCUT2D eigenvalue weighted by Crippen LogP contribution is -2.01. The van der Waals surface area contributed by atoms with Crippen molar-refractivity contribution in [2.24, 2.45) is 5.73 Å². The lowest BCUT2D eigenvalue weighted by Gasteiger charge is -1.94. The van der Waals surface area contributed by atoms with Gasteiger partial charge in [0, 0.05) is 12.3 Å². The summed E-state index contributed by atoms with van der Waals surface area (Å²) in [5.41, 5.74) is 5.29. The summed E-state index contributed by atoms with van der Waals surface area (Å²) >= 11 is 1.95. The van der Waals surface area contributed by atoms with E-state index in [1.54, 1.807) is 0 Å². The van der Waals surface area contributed by atoms with E-state index in [-0.39, 0.29) is 0 Å². The minimum absolute atomic E-state index is 0.828. The Kier molecular flexibility index (Phi) is 7.59. The molecule has 0 saturated carbocycles. The third kappa shape index (κ3) is 6.31. The highest BCUT2D eigenvalue weighted by atomic mass is 32.2.